The van der Waals surface area contributed by atoms with Crippen LogP contribution in [0.2, 0.25) is 0 Å². The van der Waals surface area contributed by atoms with Gasteiger partial charge in [-0.15, -0.1) is 0 Å². The molecule has 96 valence electrons. The Balaban J connectivity index is 2.81. The van der Waals surface area contributed by atoms with Crippen LogP contribution in [0.25, 0.3) is 0 Å². The molecular formula is C11H22O4S. The van der Waals surface area contributed by atoms with Gasteiger partial charge in [-0.25, -0.2) is 0 Å². The van der Waals surface area contributed by atoms with E-state index in [9.17, 15) is 15.3 Å². The van der Waals surface area contributed by atoms with E-state index in [-0.39, 0.29) is 5.41 Å². The van der Waals surface area contributed by atoms with Gasteiger partial charge in [0.1, 0.15) is 18.3 Å². The van der Waals surface area contributed by atoms with Gasteiger partial charge in [0.05, 0.1) is 12.2 Å². The molecule has 1 rings (SSSR count). The summed E-state index contributed by atoms with van der Waals surface area (Å²) in [6, 6.07) is 0. The van der Waals surface area contributed by atoms with Crippen LogP contribution in [0, 0.1) is 5.41 Å². The lowest BCUT2D eigenvalue weighted by Gasteiger charge is -2.45. The first-order chi connectivity index (χ1) is 7.29. The molecular weight excluding hydrogens is 228 g/mol. The minimum Gasteiger partial charge on any atom is -0.388 e. The van der Waals surface area contributed by atoms with Gasteiger partial charge < -0.3 is 20.1 Å². The maximum absolute atomic E-state index is 9.89. The summed E-state index contributed by atoms with van der Waals surface area (Å²) < 4.78 is 5.71. The summed E-state index contributed by atoms with van der Waals surface area (Å²) in [7, 11) is 0. The van der Waals surface area contributed by atoms with E-state index in [1.807, 2.05) is 27.0 Å². The molecule has 1 saturated heterocycles. The molecule has 0 bridgehead atoms. The van der Waals surface area contributed by atoms with Crippen LogP contribution in [0.5, 0.6) is 0 Å². The summed E-state index contributed by atoms with van der Waals surface area (Å²) in [5.74, 6) is 0.609. The Morgan fingerprint density at radius 1 is 1.06 bits per heavy atom. The molecule has 4 nitrogen and oxygen atoms in total. The van der Waals surface area contributed by atoms with E-state index in [2.05, 4.69) is 0 Å². The molecule has 0 saturated carbocycles. The Kier molecular flexibility index (Phi) is 4.66. The Morgan fingerprint density at radius 3 is 2.06 bits per heavy atom. The number of hydrogen-bond acceptors (Lipinski definition) is 5. The van der Waals surface area contributed by atoms with Crippen molar-refractivity contribution in [3.8, 4) is 0 Å². The number of hydrogen-bond donors (Lipinski definition) is 3. The highest BCUT2D eigenvalue weighted by Crippen LogP contribution is 2.33. The molecule has 0 radical (unpaired) electrons. The van der Waals surface area contributed by atoms with Gasteiger partial charge in [0.2, 0.25) is 0 Å². The molecule has 16 heavy (non-hydrogen) atoms. The molecule has 5 atom stereocenters. The maximum Gasteiger partial charge on any atom is 0.111 e. The molecule has 5 heteroatoms. The molecule has 1 aliphatic heterocycles. The van der Waals surface area contributed by atoms with Crippen molar-refractivity contribution < 1.29 is 20.1 Å². The molecule has 0 amide bonds. The van der Waals surface area contributed by atoms with E-state index in [1.54, 1.807) is 11.8 Å². The van der Waals surface area contributed by atoms with Crippen LogP contribution in [0.15, 0.2) is 0 Å². The van der Waals surface area contributed by atoms with E-state index in [1.165, 1.54) is 0 Å². The largest absolute Gasteiger partial charge is 0.388 e. The summed E-state index contributed by atoms with van der Waals surface area (Å²) >= 11 is 1.55. The Morgan fingerprint density at radius 2 is 1.62 bits per heavy atom. The predicted molar refractivity (Wildman–Crippen MR) is 64.5 cm³/mol. The third-order valence-electron chi connectivity index (χ3n) is 2.90. The van der Waals surface area contributed by atoms with Crippen molar-refractivity contribution in [1.82, 2.24) is 0 Å². The van der Waals surface area contributed by atoms with Crippen LogP contribution in [0.1, 0.15) is 20.8 Å². The molecule has 3 N–H and O–H groups in total. The maximum atomic E-state index is 9.89. The molecule has 0 aromatic heterocycles. The number of aliphatic hydroxyl groups excluding tert-OH is 3. The summed E-state index contributed by atoms with van der Waals surface area (Å²) in [5.41, 5.74) is -0.267. The third-order valence-corrected chi connectivity index (χ3v) is 3.56. The molecule has 0 aromatic carbocycles. The average Bonchev–Trinajstić information content (AvgIpc) is 2.17. The van der Waals surface area contributed by atoms with Crippen molar-refractivity contribution in [3.63, 3.8) is 0 Å². The lowest BCUT2D eigenvalue weighted by molar-refractivity contribution is -0.238. The van der Waals surface area contributed by atoms with Gasteiger partial charge in [-0.05, 0) is 11.7 Å². The SMILES string of the molecule is CSCC1O[C@@H](C(C)(C)C)C(O)[C@@H](O)[C@@H]1O. The van der Waals surface area contributed by atoms with Crippen molar-refractivity contribution in [2.24, 2.45) is 5.41 Å². The summed E-state index contributed by atoms with van der Waals surface area (Å²) in [5, 5.41) is 29.4. The second-order valence-corrected chi connectivity index (χ2v) is 6.30. The second-order valence-electron chi connectivity index (χ2n) is 5.39. The van der Waals surface area contributed by atoms with Crippen LogP contribution in [0.3, 0.4) is 0 Å². The minimum absolute atomic E-state index is 0.267. The normalized spacial score (nSPS) is 41.1. The standard InChI is InChI=1S/C11H22O4S/c1-11(2,3)10-9(14)8(13)7(12)6(15-10)5-16-4/h6-10,12-14H,5H2,1-4H3/t6?,7-,8+,9?,10-/m1/s1. The van der Waals surface area contributed by atoms with Crippen LogP contribution >= 0.6 is 11.8 Å². The van der Waals surface area contributed by atoms with Gasteiger partial charge in [0, 0.05) is 5.75 Å². The van der Waals surface area contributed by atoms with Crippen molar-refractivity contribution in [3.05, 3.63) is 0 Å². The number of aliphatic hydroxyl groups is 3. The predicted octanol–water partition coefficient (Wildman–Crippen LogP) is 0.246. The molecule has 0 spiro atoms. The zero-order valence-corrected chi connectivity index (χ0v) is 11.1. The van der Waals surface area contributed by atoms with Gasteiger partial charge in [-0.1, -0.05) is 20.8 Å². The first-order valence-electron chi connectivity index (χ1n) is 5.47. The number of ether oxygens (including phenoxy) is 1. The monoisotopic (exact) mass is 250 g/mol. The van der Waals surface area contributed by atoms with Crippen LogP contribution in [0.4, 0.5) is 0 Å². The first kappa shape index (κ1) is 14.3. The topological polar surface area (TPSA) is 69.9 Å². The Bertz CT molecular complexity index is 229. The number of thioether (sulfide) groups is 1. The zero-order valence-electron chi connectivity index (χ0n) is 10.3. The van der Waals surface area contributed by atoms with Crippen LogP contribution in [-0.2, 0) is 4.74 Å². The molecule has 0 aliphatic carbocycles. The quantitative estimate of drug-likeness (QED) is 0.655. The van der Waals surface area contributed by atoms with Crippen molar-refractivity contribution in [1.29, 1.82) is 0 Å². The summed E-state index contributed by atoms with van der Waals surface area (Å²) in [6.45, 7) is 5.84. The van der Waals surface area contributed by atoms with Gasteiger partial charge in [-0.2, -0.15) is 11.8 Å². The molecule has 1 fully saturated rings. The van der Waals surface area contributed by atoms with Gasteiger partial charge in [0.15, 0.2) is 0 Å². The fraction of sp³-hybridized carbons (Fsp3) is 1.00. The lowest BCUT2D eigenvalue weighted by Crippen LogP contribution is -2.61. The number of rotatable bonds is 2. The second kappa shape index (κ2) is 5.23. The van der Waals surface area contributed by atoms with Crippen LogP contribution < -0.4 is 0 Å². The third kappa shape index (κ3) is 2.90. The van der Waals surface area contributed by atoms with Crippen LogP contribution in [-0.4, -0.2) is 57.8 Å². The highest BCUT2D eigenvalue weighted by atomic mass is 32.2. The summed E-state index contributed by atoms with van der Waals surface area (Å²) in [4.78, 5) is 0. The fourth-order valence-electron chi connectivity index (χ4n) is 1.97. The smallest absolute Gasteiger partial charge is 0.111 e. The minimum atomic E-state index is -1.13. The first-order valence-corrected chi connectivity index (χ1v) is 6.87. The van der Waals surface area contributed by atoms with Gasteiger partial charge >= 0.3 is 0 Å². The molecule has 0 aromatic rings. The van der Waals surface area contributed by atoms with Gasteiger partial charge in [-0.3, -0.25) is 0 Å². The van der Waals surface area contributed by atoms with E-state index < -0.39 is 30.5 Å². The van der Waals surface area contributed by atoms with E-state index in [0.717, 1.165) is 0 Å². The zero-order chi connectivity index (χ0) is 12.5. The van der Waals surface area contributed by atoms with Crippen molar-refractivity contribution >= 4 is 11.8 Å². The molecule has 2 unspecified atom stereocenters. The van der Waals surface area contributed by atoms with Gasteiger partial charge in [0.25, 0.3) is 0 Å². The molecule has 1 aliphatic rings. The highest BCUT2D eigenvalue weighted by molar-refractivity contribution is 7.98. The Labute approximate surface area is 101 Å². The van der Waals surface area contributed by atoms with E-state index in [0.29, 0.717) is 5.75 Å². The van der Waals surface area contributed by atoms with E-state index in [4.69, 9.17) is 4.74 Å². The van der Waals surface area contributed by atoms with Crippen molar-refractivity contribution in [2.75, 3.05) is 12.0 Å². The van der Waals surface area contributed by atoms with E-state index >= 15 is 0 Å². The summed E-state index contributed by atoms with van der Waals surface area (Å²) in [6.07, 6.45) is -2.13. The molecule has 1 heterocycles. The highest BCUT2D eigenvalue weighted by Gasteiger charge is 2.47. The fourth-order valence-corrected chi connectivity index (χ4v) is 2.57. The van der Waals surface area contributed by atoms with Crippen molar-refractivity contribution in [2.45, 2.75) is 51.3 Å². The lowest BCUT2D eigenvalue weighted by atomic mass is 9.80. The average molecular weight is 250 g/mol. The Hall–Kier alpha value is 0.190.